The molecular weight excluding hydrogens is 236 g/mol. The largest absolute Gasteiger partial charge is 0.459 e. The number of hydrogen-bond acceptors (Lipinski definition) is 2. The lowest BCUT2D eigenvalue weighted by Gasteiger charge is -2.35. The van der Waals surface area contributed by atoms with Crippen molar-refractivity contribution in [2.24, 2.45) is 11.8 Å². The summed E-state index contributed by atoms with van der Waals surface area (Å²) in [6.07, 6.45) is 3.11. The molecule has 0 amide bonds. The maximum Gasteiger partial charge on any atom is 0.303 e. The Bertz CT molecular complexity index is 199. The molecule has 0 bridgehead atoms. The van der Waals surface area contributed by atoms with Gasteiger partial charge in [0.1, 0.15) is 5.60 Å². The van der Waals surface area contributed by atoms with Crippen LogP contribution < -0.4 is 0 Å². The minimum Gasteiger partial charge on any atom is -0.459 e. The van der Waals surface area contributed by atoms with Gasteiger partial charge in [-0.15, -0.1) is 0 Å². The lowest BCUT2D eigenvalue weighted by atomic mass is 9.83. The summed E-state index contributed by atoms with van der Waals surface area (Å²) in [6.45, 7) is 20.3. The fraction of sp³-hybridized carbons (Fsp3) is 0.941. The Morgan fingerprint density at radius 2 is 1.53 bits per heavy atom. The minimum absolute atomic E-state index is 0.165. The molecule has 118 valence electrons. The first-order valence-electron chi connectivity index (χ1n) is 8.01. The quantitative estimate of drug-likeness (QED) is 0.568. The van der Waals surface area contributed by atoms with Crippen molar-refractivity contribution in [3.8, 4) is 0 Å². The van der Waals surface area contributed by atoms with E-state index in [1.165, 1.54) is 6.92 Å². The van der Waals surface area contributed by atoms with E-state index in [1.54, 1.807) is 0 Å². The Morgan fingerprint density at radius 1 is 1.11 bits per heavy atom. The highest BCUT2D eigenvalue weighted by molar-refractivity contribution is 5.66. The molecule has 0 aromatic rings. The van der Waals surface area contributed by atoms with E-state index < -0.39 is 0 Å². The number of esters is 1. The molecule has 0 aromatic heterocycles. The van der Waals surface area contributed by atoms with Crippen molar-refractivity contribution >= 4 is 5.97 Å². The molecule has 0 aliphatic heterocycles. The number of ether oxygens (including phenoxy) is 1. The van der Waals surface area contributed by atoms with Gasteiger partial charge >= 0.3 is 5.97 Å². The van der Waals surface area contributed by atoms with Gasteiger partial charge in [0, 0.05) is 6.92 Å². The number of carbonyl (C=O) groups is 1. The fourth-order valence-corrected chi connectivity index (χ4v) is 1.73. The van der Waals surface area contributed by atoms with Gasteiger partial charge in [0.2, 0.25) is 0 Å². The molecule has 0 fully saturated rings. The van der Waals surface area contributed by atoms with Crippen molar-refractivity contribution in [3.05, 3.63) is 0 Å². The molecule has 0 aliphatic carbocycles. The van der Waals surface area contributed by atoms with Gasteiger partial charge in [-0.1, -0.05) is 55.4 Å². The van der Waals surface area contributed by atoms with Crippen LogP contribution in [-0.4, -0.2) is 11.6 Å². The highest BCUT2D eigenvalue weighted by atomic mass is 16.6. The van der Waals surface area contributed by atoms with E-state index in [0.29, 0.717) is 11.8 Å². The van der Waals surface area contributed by atoms with Crippen LogP contribution in [0.1, 0.15) is 88.5 Å². The van der Waals surface area contributed by atoms with Crippen LogP contribution in [0.3, 0.4) is 0 Å². The molecule has 0 saturated heterocycles. The molecule has 0 radical (unpaired) electrons. The molecule has 0 aromatic carbocycles. The van der Waals surface area contributed by atoms with E-state index in [4.69, 9.17) is 4.74 Å². The molecule has 2 unspecified atom stereocenters. The molecule has 0 rings (SSSR count). The second-order valence-electron chi connectivity index (χ2n) is 5.15. The summed E-state index contributed by atoms with van der Waals surface area (Å²) in [6, 6.07) is 0. The van der Waals surface area contributed by atoms with E-state index in [1.807, 2.05) is 27.7 Å². The third-order valence-corrected chi connectivity index (χ3v) is 3.25. The summed E-state index contributed by atoms with van der Waals surface area (Å²) in [7, 11) is 0. The minimum atomic E-state index is -0.287. The first-order valence-corrected chi connectivity index (χ1v) is 8.01. The van der Waals surface area contributed by atoms with Gasteiger partial charge in [0.15, 0.2) is 0 Å². The van der Waals surface area contributed by atoms with Crippen LogP contribution in [-0.2, 0) is 9.53 Å². The molecule has 0 spiro atoms. The lowest BCUT2D eigenvalue weighted by molar-refractivity contribution is -0.162. The van der Waals surface area contributed by atoms with Crippen molar-refractivity contribution in [2.45, 2.75) is 94.1 Å². The van der Waals surface area contributed by atoms with Crippen molar-refractivity contribution < 1.29 is 9.53 Å². The SMILES string of the molecule is CC.CC.CCC(C)C(C)(CCC(C)C)OC(C)=O. The first-order chi connectivity index (χ1) is 8.81. The van der Waals surface area contributed by atoms with Gasteiger partial charge in [0.25, 0.3) is 0 Å². The maximum atomic E-state index is 11.1. The summed E-state index contributed by atoms with van der Waals surface area (Å²) in [5, 5.41) is 0. The Kier molecular flexibility index (Phi) is 17.2. The molecule has 0 heterocycles. The number of carbonyl (C=O) groups excluding carboxylic acids is 1. The van der Waals surface area contributed by atoms with Crippen LogP contribution in [0.25, 0.3) is 0 Å². The maximum absolute atomic E-state index is 11.1. The monoisotopic (exact) mass is 274 g/mol. The molecule has 2 atom stereocenters. The Hall–Kier alpha value is -0.530. The third-order valence-electron chi connectivity index (χ3n) is 3.25. The first kappa shape index (κ1) is 23.6. The zero-order valence-electron chi connectivity index (χ0n) is 15.1. The van der Waals surface area contributed by atoms with Gasteiger partial charge in [-0.2, -0.15) is 0 Å². The number of hydrogen-bond donors (Lipinski definition) is 0. The predicted molar refractivity (Wildman–Crippen MR) is 86.4 cm³/mol. The topological polar surface area (TPSA) is 26.3 Å². The van der Waals surface area contributed by atoms with E-state index >= 15 is 0 Å². The average molecular weight is 274 g/mol. The second kappa shape index (κ2) is 13.9. The molecule has 0 saturated carbocycles. The summed E-state index contributed by atoms with van der Waals surface area (Å²) in [5.41, 5.74) is -0.287. The van der Waals surface area contributed by atoms with Crippen LogP contribution in [0.5, 0.6) is 0 Å². The van der Waals surface area contributed by atoms with E-state index in [-0.39, 0.29) is 11.6 Å². The molecular formula is C17H38O2. The Morgan fingerprint density at radius 3 is 1.79 bits per heavy atom. The summed E-state index contributed by atoms with van der Waals surface area (Å²) in [4.78, 5) is 11.1. The van der Waals surface area contributed by atoms with Gasteiger partial charge in [-0.05, 0) is 38.0 Å². The molecule has 0 N–H and O–H groups in total. The molecule has 2 nitrogen and oxygen atoms in total. The number of rotatable bonds is 6. The molecule has 0 aliphatic rings. The zero-order chi connectivity index (χ0) is 16.1. The normalized spacial score (nSPS) is 14.3. The third kappa shape index (κ3) is 12.3. The van der Waals surface area contributed by atoms with Crippen LogP contribution in [0, 0.1) is 11.8 Å². The van der Waals surface area contributed by atoms with Crippen molar-refractivity contribution in [2.75, 3.05) is 0 Å². The Labute approximate surface area is 122 Å². The Balaban J connectivity index is -0.000000579. The van der Waals surface area contributed by atoms with Crippen LogP contribution in [0.15, 0.2) is 0 Å². The van der Waals surface area contributed by atoms with Crippen molar-refractivity contribution in [3.63, 3.8) is 0 Å². The van der Waals surface area contributed by atoms with Crippen LogP contribution in [0.2, 0.25) is 0 Å². The standard InChI is InChI=1S/C13H26O2.2C2H6/c1-7-11(4)13(6,15-12(5)14)9-8-10(2)3;2*1-2/h10-11H,7-9H2,1-6H3;2*1-2H3. The highest BCUT2D eigenvalue weighted by Gasteiger charge is 2.33. The second-order valence-corrected chi connectivity index (χ2v) is 5.15. The average Bonchev–Trinajstić information content (AvgIpc) is 2.39. The molecule has 19 heavy (non-hydrogen) atoms. The van der Waals surface area contributed by atoms with Gasteiger partial charge < -0.3 is 4.74 Å². The summed E-state index contributed by atoms with van der Waals surface area (Å²) >= 11 is 0. The van der Waals surface area contributed by atoms with Gasteiger partial charge in [0.05, 0.1) is 0 Å². The fourth-order valence-electron chi connectivity index (χ4n) is 1.73. The van der Waals surface area contributed by atoms with Crippen LogP contribution in [0.4, 0.5) is 0 Å². The summed E-state index contributed by atoms with van der Waals surface area (Å²) in [5.74, 6) is 0.908. The van der Waals surface area contributed by atoms with E-state index in [9.17, 15) is 4.79 Å². The van der Waals surface area contributed by atoms with Crippen molar-refractivity contribution in [1.82, 2.24) is 0 Å². The lowest BCUT2D eigenvalue weighted by Crippen LogP contribution is -2.38. The van der Waals surface area contributed by atoms with Crippen molar-refractivity contribution in [1.29, 1.82) is 0 Å². The van der Waals surface area contributed by atoms with E-state index in [0.717, 1.165) is 19.3 Å². The van der Waals surface area contributed by atoms with Crippen LogP contribution >= 0.6 is 0 Å². The smallest absolute Gasteiger partial charge is 0.303 e. The predicted octanol–water partition coefficient (Wildman–Crippen LogP) is 5.84. The highest BCUT2D eigenvalue weighted by Crippen LogP contribution is 2.31. The van der Waals surface area contributed by atoms with E-state index in [2.05, 4.69) is 34.6 Å². The summed E-state index contributed by atoms with van der Waals surface area (Å²) < 4.78 is 5.50. The molecule has 2 heteroatoms. The zero-order valence-corrected chi connectivity index (χ0v) is 15.1. The van der Waals surface area contributed by atoms with Gasteiger partial charge in [-0.25, -0.2) is 0 Å². The van der Waals surface area contributed by atoms with Gasteiger partial charge in [-0.3, -0.25) is 4.79 Å².